The molecule has 212 valence electrons. The van der Waals surface area contributed by atoms with Crippen molar-refractivity contribution >= 4 is 17.1 Å². The molecule has 0 aliphatic rings. The van der Waals surface area contributed by atoms with E-state index >= 15 is 0 Å². The molecule has 0 unspecified atom stereocenters. The van der Waals surface area contributed by atoms with E-state index < -0.39 is 63.7 Å². The van der Waals surface area contributed by atoms with E-state index in [9.17, 15) is 45.4 Å². The summed E-state index contributed by atoms with van der Waals surface area (Å²) in [7, 11) is 2.23. The van der Waals surface area contributed by atoms with Gasteiger partial charge in [0.1, 0.15) is 5.82 Å². The molecule has 0 saturated carbocycles. The quantitative estimate of drug-likeness (QED) is 0.225. The number of carbonyl (C=O) groups excluding carboxylic acids is 1. The first-order chi connectivity index (χ1) is 18.5. The van der Waals surface area contributed by atoms with Gasteiger partial charge in [-0.1, -0.05) is 31.2 Å². The zero-order valence-electron chi connectivity index (χ0n) is 20.9. The predicted molar refractivity (Wildman–Crippen MR) is 128 cm³/mol. The zero-order chi connectivity index (χ0) is 29.8. The van der Waals surface area contributed by atoms with Crippen LogP contribution in [0.4, 0.5) is 30.7 Å². The van der Waals surface area contributed by atoms with Crippen molar-refractivity contribution in [2.24, 2.45) is 7.05 Å². The molecule has 40 heavy (non-hydrogen) atoms. The van der Waals surface area contributed by atoms with Crippen LogP contribution in [-0.4, -0.2) is 28.9 Å². The predicted octanol–water partition coefficient (Wildman–Crippen LogP) is 6.30. The molecule has 0 fully saturated rings. The summed E-state index contributed by atoms with van der Waals surface area (Å²) in [6.07, 6.45) is -10.6. The molecule has 0 amide bonds. The second kappa shape index (κ2) is 9.81. The topological polar surface area (TPSA) is 81.7 Å². The number of aliphatic hydroxyl groups is 1. The number of aromatic nitrogens is 1. The lowest BCUT2D eigenvalue weighted by Gasteiger charge is -2.37. The van der Waals surface area contributed by atoms with E-state index in [4.69, 9.17) is 4.42 Å². The fourth-order valence-electron chi connectivity index (χ4n) is 4.58. The van der Waals surface area contributed by atoms with Gasteiger partial charge in [0, 0.05) is 13.0 Å². The Morgan fingerprint density at radius 2 is 1.60 bits per heavy atom. The number of oxazole rings is 1. The molecule has 1 aromatic heterocycles. The van der Waals surface area contributed by atoms with Gasteiger partial charge in [-0.25, -0.2) is 14.0 Å². The molecule has 0 spiro atoms. The van der Waals surface area contributed by atoms with Crippen LogP contribution in [0.2, 0.25) is 0 Å². The van der Waals surface area contributed by atoms with E-state index in [-0.39, 0.29) is 22.2 Å². The third-order valence-electron chi connectivity index (χ3n) is 6.82. The van der Waals surface area contributed by atoms with Crippen molar-refractivity contribution in [3.05, 3.63) is 93.2 Å². The highest BCUT2D eigenvalue weighted by Gasteiger charge is 2.59. The lowest BCUT2D eigenvalue weighted by atomic mass is 9.75. The lowest BCUT2D eigenvalue weighted by Crippen LogP contribution is -2.47. The number of carbonyl (C=O) groups is 1. The molecule has 1 heterocycles. The summed E-state index contributed by atoms with van der Waals surface area (Å²) in [5.41, 5.74) is -7.97. The van der Waals surface area contributed by atoms with Gasteiger partial charge in [0.25, 0.3) is 0 Å². The average molecular weight is 571 g/mol. The summed E-state index contributed by atoms with van der Waals surface area (Å²) in [6.45, 7) is 0.793. The van der Waals surface area contributed by atoms with Crippen molar-refractivity contribution < 1.29 is 49.8 Å². The second-order valence-electron chi connectivity index (χ2n) is 9.08. The maximum Gasteiger partial charge on any atom is 0.422 e. The Labute approximate surface area is 221 Å². The highest BCUT2D eigenvalue weighted by Crippen LogP contribution is 2.51. The average Bonchev–Trinajstić information content (AvgIpc) is 3.18. The number of hydrogen-bond donors (Lipinski definition) is 1. The van der Waals surface area contributed by atoms with Gasteiger partial charge < -0.3 is 14.3 Å². The lowest BCUT2D eigenvalue weighted by molar-refractivity contribution is -0.275. The number of hydrogen-bond acceptors (Lipinski definition) is 5. The van der Waals surface area contributed by atoms with Crippen LogP contribution in [0.15, 0.2) is 63.8 Å². The molecular weight excluding hydrogens is 551 g/mol. The standard InChI is InChI=1S/C27H20F7NO5/c1-13(25(38,27(32,33)34)16-6-9-22-21(12-16)35(2)24(37)40-22)17-7-4-14(10-19(17)26(29,30)31)15-5-8-18(20(28)11-15)23(36)39-3/h4-13,38H,1-3H3/t13-,25-/m1/s1. The molecule has 13 heteroatoms. The van der Waals surface area contributed by atoms with Crippen molar-refractivity contribution in [1.82, 2.24) is 4.57 Å². The van der Waals surface area contributed by atoms with E-state index in [0.717, 1.165) is 67.1 Å². The van der Waals surface area contributed by atoms with Crippen LogP contribution < -0.4 is 5.76 Å². The Balaban J connectivity index is 1.88. The molecule has 3 aromatic carbocycles. The SMILES string of the molecule is COC(=O)c1ccc(-c2ccc([C@@H](C)[C@@](O)(c3ccc4oc(=O)n(C)c4c3)C(F)(F)F)c(C(F)(F)F)c2)cc1F. The van der Waals surface area contributed by atoms with Crippen LogP contribution in [0.5, 0.6) is 0 Å². The number of rotatable bonds is 5. The molecule has 6 nitrogen and oxygen atoms in total. The second-order valence-corrected chi connectivity index (χ2v) is 9.08. The molecular formula is C27H20F7NO5. The summed E-state index contributed by atoms with van der Waals surface area (Å²) in [5, 5.41) is 11.1. The van der Waals surface area contributed by atoms with Crippen LogP contribution in [0.3, 0.4) is 0 Å². The summed E-state index contributed by atoms with van der Waals surface area (Å²) in [6, 6.07) is 7.98. The number of fused-ring (bicyclic) bond motifs is 1. The minimum atomic E-state index is -5.46. The fraction of sp³-hybridized carbons (Fsp3) is 0.259. The molecule has 0 aliphatic heterocycles. The summed E-state index contributed by atoms with van der Waals surface area (Å²) in [4.78, 5) is 23.4. The largest absolute Gasteiger partial charge is 0.465 e. The van der Waals surface area contributed by atoms with Crippen molar-refractivity contribution in [2.75, 3.05) is 7.11 Å². The molecule has 0 aliphatic carbocycles. The normalized spacial score (nSPS) is 14.7. The Hall–Kier alpha value is -4.13. The zero-order valence-corrected chi connectivity index (χ0v) is 20.9. The van der Waals surface area contributed by atoms with Gasteiger partial charge in [-0.15, -0.1) is 0 Å². The van der Waals surface area contributed by atoms with Crippen molar-refractivity contribution in [1.29, 1.82) is 0 Å². The first-order valence-electron chi connectivity index (χ1n) is 11.5. The maximum absolute atomic E-state index is 14.5. The molecule has 0 bridgehead atoms. The molecule has 4 aromatic rings. The van der Waals surface area contributed by atoms with Crippen LogP contribution in [-0.2, 0) is 23.6 Å². The van der Waals surface area contributed by atoms with Crippen LogP contribution in [0.25, 0.3) is 22.2 Å². The number of halogens is 7. The Kier molecular flexibility index (Phi) is 7.08. The first kappa shape index (κ1) is 28.9. The Bertz CT molecular complexity index is 1670. The number of methoxy groups -OCH3 is 1. The van der Waals surface area contributed by atoms with Crippen LogP contribution in [0, 0.1) is 5.82 Å². The smallest absolute Gasteiger partial charge is 0.422 e. The number of esters is 1. The fourth-order valence-corrected chi connectivity index (χ4v) is 4.58. The number of nitrogens with zero attached hydrogens (tertiary/aromatic N) is 1. The van der Waals surface area contributed by atoms with Gasteiger partial charge in [-0.3, -0.25) is 4.57 Å². The summed E-state index contributed by atoms with van der Waals surface area (Å²) >= 11 is 0. The highest BCUT2D eigenvalue weighted by molar-refractivity contribution is 5.90. The van der Waals surface area contributed by atoms with E-state index in [1.54, 1.807) is 0 Å². The molecule has 2 atom stereocenters. The van der Waals surface area contributed by atoms with Gasteiger partial charge >= 0.3 is 24.1 Å². The van der Waals surface area contributed by atoms with Crippen molar-refractivity contribution in [3.63, 3.8) is 0 Å². The van der Waals surface area contributed by atoms with E-state index in [2.05, 4.69) is 4.74 Å². The highest BCUT2D eigenvalue weighted by atomic mass is 19.4. The van der Waals surface area contributed by atoms with Gasteiger partial charge in [0.2, 0.25) is 0 Å². The van der Waals surface area contributed by atoms with Gasteiger partial charge in [0.05, 0.1) is 23.8 Å². The van der Waals surface area contributed by atoms with Gasteiger partial charge in [0.15, 0.2) is 11.2 Å². The molecule has 4 rings (SSSR count). The first-order valence-corrected chi connectivity index (χ1v) is 11.5. The number of benzene rings is 3. The summed E-state index contributed by atoms with van der Waals surface area (Å²) in [5.74, 6) is -5.19. The third kappa shape index (κ3) is 4.74. The van der Waals surface area contributed by atoms with Crippen molar-refractivity contribution in [2.45, 2.75) is 30.8 Å². The van der Waals surface area contributed by atoms with E-state index in [0.29, 0.717) is 6.07 Å². The molecule has 1 N–H and O–H groups in total. The minimum Gasteiger partial charge on any atom is -0.465 e. The number of alkyl halides is 6. The third-order valence-corrected chi connectivity index (χ3v) is 6.82. The molecule has 0 radical (unpaired) electrons. The number of aryl methyl sites for hydroxylation is 1. The minimum absolute atomic E-state index is 0.0841. The Morgan fingerprint density at radius 3 is 2.17 bits per heavy atom. The molecule has 0 saturated heterocycles. The maximum atomic E-state index is 14.5. The van der Waals surface area contributed by atoms with E-state index in [1.807, 2.05) is 0 Å². The van der Waals surface area contributed by atoms with Crippen molar-refractivity contribution in [3.8, 4) is 11.1 Å². The van der Waals surface area contributed by atoms with Crippen LogP contribution >= 0.6 is 0 Å². The van der Waals surface area contributed by atoms with E-state index in [1.165, 1.54) is 7.05 Å². The van der Waals surface area contributed by atoms with Crippen LogP contribution in [0.1, 0.15) is 39.9 Å². The Morgan fingerprint density at radius 1 is 0.975 bits per heavy atom. The van der Waals surface area contributed by atoms with Gasteiger partial charge in [-0.05, 0) is 52.6 Å². The monoisotopic (exact) mass is 571 g/mol. The van der Waals surface area contributed by atoms with Gasteiger partial charge in [-0.2, -0.15) is 26.3 Å². The summed E-state index contributed by atoms with van der Waals surface area (Å²) < 4.78 is 111. The number of ether oxygens (including phenoxy) is 1.